The molecule has 110 valence electrons. The summed E-state index contributed by atoms with van der Waals surface area (Å²) in [5.74, 6) is 1.77. The number of carbonyl (C=O) groups is 1. The lowest BCUT2D eigenvalue weighted by Crippen LogP contribution is -2.44. The molecule has 1 unspecified atom stereocenters. The molecule has 20 heavy (non-hydrogen) atoms. The molecule has 1 atom stereocenters. The van der Waals surface area contributed by atoms with Crippen molar-refractivity contribution in [2.75, 3.05) is 24.6 Å². The first kappa shape index (κ1) is 14.0. The molecule has 1 aromatic rings. The smallest absolute Gasteiger partial charge is 0.352 e. The number of piperidine rings is 1. The summed E-state index contributed by atoms with van der Waals surface area (Å²) in [5, 5.41) is 9.21. The zero-order valence-electron chi connectivity index (χ0n) is 11.7. The number of rotatable bonds is 3. The lowest BCUT2D eigenvalue weighted by atomic mass is 10.0. The number of thioether (sulfide) groups is 1. The van der Waals surface area contributed by atoms with Gasteiger partial charge in [-0.15, -0.1) is 0 Å². The molecule has 0 saturated carbocycles. The molecule has 1 aromatic heterocycles. The molecule has 0 aliphatic carbocycles. The largest absolute Gasteiger partial charge is 0.477 e. The standard InChI is InChI=1S/C15H22N2O2S/c18-15(19)14-4-1-7-17(14)12-5-8-16(9-6-12)13-3-2-10-20-11-13/h1,4,7,12-13H,2-3,5-6,8-11H2,(H,18,19). The quantitative estimate of drug-likeness (QED) is 0.931. The lowest BCUT2D eigenvalue weighted by molar-refractivity contribution is 0.0675. The van der Waals surface area contributed by atoms with E-state index in [2.05, 4.69) is 16.7 Å². The van der Waals surface area contributed by atoms with E-state index in [-0.39, 0.29) is 0 Å². The number of carboxylic acids is 1. The maximum absolute atomic E-state index is 11.2. The number of hydrogen-bond donors (Lipinski definition) is 1. The van der Waals surface area contributed by atoms with Gasteiger partial charge < -0.3 is 9.67 Å². The molecule has 2 aliphatic rings. The van der Waals surface area contributed by atoms with E-state index in [9.17, 15) is 9.90 Å². The molecule has 0 spiro atoms. The third-order valence-electron chi connectivity index (χ3n) is 4.54. The van der Waals surface area contributed by atoms with Crippen molar-refractivity contribution in [3.05, 3.63) is 24.0 Å². The summed E-state index contributed by atoms with van der Waals surface area (Å²) in [7, 11) is 0. The maximum atomic E-state index is 11.2. The third kappa shape index (κ3) is 2.88. The highest BCUT2D eigenvalue weighted by Gasteiger charge is 2.28. The molecule has 1 N–H and O–H groups in total. The van der Waals surface area contributed by atoms with Crippen LogP contribution in [0.1, 0.15) is 42.2 Å². The van der Waals surface area contributed by atoms with Crippen LogP contribution in [0.3, 0.4) is 0 Å². The van der Waals surface area contributed by atoms with Crippen LogP contribution in [0.5, 0.6) is 0 Å². The van der Waals surface area contributed by atoms with Gasteiger partial charge in [-0.1, -0.05) is 0 Å². The highest BCUT2D eigenvalue weighted by atomic mass is 32.2. The van der Waals surface area contributed by atoms with Crippen LogP contribution in [0.25, 0.3) is 0 Å². The van der Waals surface area contributed by atoms with Crippen molar-refractivity contribution in [2.45, 2.75) is 37.8 Å². The minimum Gasteiger partial charge on any atom is -0.477 e. The van der Waals surface area contributed by atoms with Crippen molar-refractivity contribution in [1.82, 2.24) is 9.47 Å². The van der Waals surface area contributed by atoms with Crippen molar-refractivity contribution in [2.24, 2.45) is 0 Å². The Morgan fingerprint density at radius 3 is 2.70 bits per heavy atom. The Morgan fingerprint density at radius 1 is 1.25 bits per heavy atom. The van der Waals surface area contributed by atoms with E-state index in [0.29, 0.717) is 11.7 Å². The molecular weight excluding hydrogens is 272 g/mol. The van der Waals surface area contributed by atoms with E-state index >= 15 is 0 Å². The summed E-state index contributed by atoms with van der Waals surface area (Å²) in [6.45, 7) is 2.21. The van der Waals surface area contributed by atoms with Crippen LogP contribution in [-0.2, 0) is 0 Å². The molecule has 2 aliphatic heterocycles. The fourth-order valence-electron chi connectivity index (χ4n) is 3.43. The molecule has 0 bridgehead atoms. The second-order valence-corrected chi connectivity index (χ2v) is 6.89. The van der Waals surface area contributed by atoms with Crippen LogP contribution < -0.4 is 0 Å². The average Bonchev–Trinajstić information content (AvgIpc) is 2.98. The van der Waals surface area contributed by atoms with Crippen LogP contribution in [0.4, 0.5) is 0 Å². The van der Waals surface area contributed by atoms with Gasteiger partial charge in [-0.05, 0) is 43.6 Å². The van der Waals surface area contributed by atoms with Gasteiger partial charge in [0.1, 0.15) is 5.69 Å². The molecular formula is C15H22N2O2S. The number of nitrogens with zero attached hydrogens (tertiary/aromatic N) is 2. The van der Waals surface area contributed by atoms with Crippen LogP contribution in [0, 0.1) is 0 Å². The molecule has 2 fully saturated rings. The number of aromatic carboxylic acids is 1. The Balaban J connectivity index is 1.60. The molecule has 2 saturated heterocycles. The van der Waals surface area contributed by atoms with Gasteiger partial charge in [0.05, 0.1) is 0 Å². The summed E-state index contributed by atoms with van der Waals surface area (Å²) in [6, 6.07) is 4.64. The SMILES string of the molecule is O=C(O)c1cccn1C1CCN(C2CCCSC2)CC1. The van der Waals surface area contributed by atoms with Crippen LogP contribution in [0.2, 0.25) is 0 Å². The summed E-state index contributed by atoms with van der Waals surface area (Å²) >= 11 is 2.08. The van der Waals surface area contributed by atoms with Crippen molar-refractivity contribution in [3.8, 4) is 0 Å². The zero-order valence-corrected chi connectivity index (χ0v) is 12.5. The van der Waals surface area contributed by atoms with Gasteiger partial charge >= 0.3 is 5.97 Å². The molecule has 5 heteroatoms. The number of likely N-dealkylation sites (tertiary alicyclic amines) is 1. The fraction of sp³-hybridized carbons (Fsp3) is 0.667. The summed E-state index contributed by atoms with van der Waals surface area (Å²) in [5.41, 5.74) is 0.427. The molecule has 4 nitrogen and oxygen atoms in total. The maximum Gasteiger partial charge on any atom is 0.352 e. The molecule has 3 heterocycles. The highest BCUT2D eigenvalue weighted by molar-refractivity contribution is 7.99. The number of aromatic nitrogens is 1. The van der Waals surface area contributed by atoms with Gasteiger partial charge in [0, 0.05) is 37.1 Å². The fourth-order valence-corrected chi connectivity index (χ4v) is 4.62. The van der Waals surface area contributed by atoms with Crippen LogP contribution in [0.15, 0.2) is 18.3 Å². The topological polar surface area (TPSA) is 45.5 Å². The van der Waals surface area contributed by atoms with E-state index < -0.39 is 5.97 Å². The lowest BCUT2D eigenvalue weighted by Gasteiger charge is -2.39. The van der Waals surface area contributed by atoms with Crippen LogP contribution >= 0.6 is 11.8 Å². The third-order valence-corrected chi connectivity index (χ3v) is 5.74. The minimum atomic E-state index is -0.818. The Bertz CT molecular complexity index is 460. The zero-order chi connectivity index (χ0) is 13.9. The second-order valence-electron chi connectivity index (χ2n) is 5.74. The predicted molar refractivity (Wildman–Crippen MR) is 81.6 cm³/mol. The van der Waals surface area contributed by atoms with E-state index in [1.807, 2.05) is 16.8 Å². The van der Waals surface area contributed by atoms with Gasteiger partial charge in [-0.25, -0.2) is 4.79 Å². The normalized spacial score (nSPS) is 25.7. The van der Waals surface area contributed by atoms with Crippen LogP contribution in [-0.4, -0.2) is 51.2 Å². The van der Waals surface area contributed by atoms with Crippen molar-refractivity contribution in [1.29, 1.82) is 0 Å². The van der Waals surface area contributed by atoms with Crippen molar-refractivity contribution >= 4 is 17.7 Å². The van der Waals surface area contributed by atoms with Gasteiger partial charge in [-0.3, -0.25) is 4.90 Å². The predicted octanol–water partition coefficient (Wildman–Crippen LogP) is 2.72. The molecule has 3 rings (SSSR count). The van der Waals surface area contributed by atoms with E-state index in [4.69, 9.17) is 0 Å². The molecule has 0 aromatic carbocycles. The van der Waals surface area contributed by atoms with Gasteiger partial charge in [-0.2, -0.15) is 11.8 Å². The Kier molecular flexibility index (Phi) is 4.36. The highest BCUT2D eigenvalue weighted by Crippen LogP contribution is 2.29. The van der Waals surface area contributed by atoms with Gasteiger partial charge in [0.25, 0.3) is 0 Å². The van der Waals surface area contributed by atoms with E-state index in [1.54, 1.807) is 6.07 Å². The van der Waals surface area contributed by atoms with Gasteiger partial charge in [0.15, 0.2) is 0 Å². The Hall–Kier alpha value is -0.940. The second kappa shape index (κ2) is 6.22. The number of hydrogen-bond acceptors (Lipinski definition) is 3. The van der Waals surface area contributed by atoms with Crippen molar-refractivity contribution in [3.63, 3.8) is 0 Å². The van der Waals surface area contributed by atoms with Gasteiger partial charge in [0.2, 0.25) is 0 Å². The monoisotopic (exact) mass is 294 g/mol. The average molecular weight is 294 g/mol. The molecule has 0 radical (unpaired) electrons. The van der Waals surface area contributed by atoms with E-state index in [0.717, 1.165) is 32.0 Å². The first-order chi connectivity index (χ1) is 9.75. The molecule has 0 amide bonds. The number of carboxylic acid groups (broad SMARTS) is 1. The minimum absolute atomic E-state index is 0.351. The summed E-state index contributed by atoms with van der Waals surface area (Å²) < 4.78 is 1.95. The summed E-state index contributed by atoms with van der Waals surface area (Å²) in [6.07, 6.45) is 6.73. The van der Waals surface area contributed by atoms with Crippen molar-refractivity contribution < 1.29 is 9.90 Å². The Morgan fingerprint density at radius 2 is 2.05 bits per heavy atom. The Labute approximate surface area is 124 Å². The first-order valence-electron chi connectivity index (χ1n) is 7.47. The summed E-state index contributed by atoms with van der Waals surface area (Å²) in [4.78, 5) is 13.8. The van der Waals surface area contributed by atoms with E-state index in [1.165, 1.54) is 24.3 Å². The first-order valence-corrected chi connectivity index (χ1v) is 8.63.